The first kappa shape index (κ1) is 26.7. The lowest BCUT2D eigenvalue weighted by atomic mass is 10.2. The van der Waals surface area contributed by atoms with Crippen molar-refractivity contribution >= 4 is 0 Å². The number of aromatic nitrogens is 4. The van der Waals surface area contributed by atoms with Crippen molar-refractivity contribution in [1.29, 1.82) is 0 Å². The molecule has 0 fully saturated rings. The van der Waals surface area contributed by atoms with Gasteiger partial charge in [0.25, 0.3) is 0 Å². The van der Waals surface area contributed by atoms with Crippen LogP contribution in [-0.2, 0) is 0 Å². The maximum atomic E-state index is 4.70. The Bertz CT molecular complexity index is 845. The molecule has 0 atom stereocenters. The summed E-state index contributed by atoms with van der Waals surface area (Å²) in [5.74, 6) is 0.693. The summed E-state index contributed by atoms with van der Waals surface area (Å²) >= 11 is 0. The summed E-state index contributed by atoms with van der Waals surface area (Å²) in [6, 6.07) is 30.0. The van der Waals surface area contributed by atoms with Gasteiger partial charge in [0.1, 0.15) is 5.69 Å². The van der Waals surface area contributed by atoms with Crippen molar-refractivity contribution in [1.82, 2.24) is 15.0 Å². The van der Waals surface area contributed by atoms with Gasteiger partial charge in [0, 0.05) is 4.80 Å². The van der Waals surface area contributed by atoms with E-state index in [0.29, 0.717) is 5.82 Å². The lowest BCUT2D eigenvalue weighted by Gasteiger charge is -1.98. The molecule has 0 saturated carbocycles. The van der Waals surface area contributed by atoms with E-state index >= 15 is 0 Å². The zero-order valence-corrected chi connectivity index (χ0v) is 18.4. The number of hydrogen-bond acceptors (Lipinski definition) is 2. The lowest BCUT2D eigenvalue weighted by molar-refractivity contribution is -0.734. The normalized spacial score (nSPS) is 8.73. The number of para-hydroxylation sites is 2. The molecule has 160 valence electrons. The third kappa shape index (κ3) is 6.96. The van der Waals surface area contributed by atoms with E-state index in [1.807, 2.05) is 142 Å². The Balaban J connectivity index is 0.00000111. The Labute approximate surface area is 182 Å². The predicted octanol–water partition coefficient (Wildman–Crippen LogP) is 6.93. The molecule has 0 aliphatic carbocycles. The molecule has 0 saturated heterocycles. The Morgan fingerprint density at radius 3 is 1.53 bits per heavy atom. The van der Waals surface area contributed by atoms with Crippen molar-refractivity contribution in [2.45, 2.75) is 49.0 Å². The van der Waals surface area contributed by atoms with Crippen LogP contribution in [0, 0.1) is 0 Å². The molecule has 4 aromatic rings. The van der Waals surface area contributed by atoms with Gasteiger partial charge in [-0.15, -0.1) is 0 Å². The Morgan fingerprint density at radius 1 is 0.600 bits per heavy atom. The van der Waals surface area contributed by atoms with E-state index in [1.165, 1.54) is 0 Å². The van der Waals surface area contributed by atoms with E-state index in [1.54, 1.807) is 0 Å². The largest absolute Gasteiger partial charge is 0.340 e. The van der Waals surface area contributed by atoms with Crippen LogP contribution in [-0.4, -0.2) is 15.0 Å². The second kappa shape index (κ2) is 15.6. The van der Waals surface area contributed by atoms with Gasteiger partial charge in [-0.1, -0.05) is 104 Å². The molecular formula is C26H37N4+. The number of hydrogen-bond donors (Lipinski definition) is 0. The second-order valence-electron chi connectivity index (χ2n) is 5.14. The highest BCUT2D eigenvalue weighted by Gasteiger charge is 2.22. The van der Waals surface area contributed by atoms with Gasteiger partial charge in [-0.25, -0.2) is 0 Å². The summed E-state index contributed by atoms with van der Waals surface area (Å²) in [7, 11) is 0. The molecule has 1 aromatic heterocycles. The molecule has 0 bridgehead atoms. The Kier molecular flexibility index (Phi) is 13.9. The molecule has 4 rings (SSSR count). The Morgan fingerprint density at radius 2 is 1.03 bits per heavy atom. The molecule has 0 radical (unpaired) electrons. The summed E-state index contributed by atoms with van der Waals surface area (Å²) < 4.78 is 0. The minimum Gasteiger partial charge on any atom is -0.0776 e. The number of rotatable bonds is 3. The average molecular weight is 406 g/mol. The number of tetrazole rings is 1. The maximum Gasteiger partial charge on any atom is 0.340 e. The van der Waals surface area contributed by atoms with Crippen molar-refractivity contribution < 1.29 is 4.80 Å². The van der Waals surface area contributed by atoms with Gasteiger partial charge >= 0.3 is 5.82 Å². The maximum absolute atomic E-state index is 4.70. The fraction of sp³-hybridized carbons (Fsp3) is 0.269. The molecule has 0 spiro atoms. The van der Waals surface area contributed by atoms with E-state index in [4.69, 9.17) is 10.2 Å². The SMILES string of the molecule is C.CC.CC.CC.c1ccc(-c2nn(-c3ccccc3)[n+](-c3ccccc3)n2)cc1. The smallest absolute Gasteiger partial charge is 0.0776 e. The van der Waals surface area contributed by atoms with E-state index < -0.39 is 0 Å². The summed E-state index contributed by atoms with van der Waals surface area (Å²) in [5.41, 5.74) is 2.92. The van der Waals surface area contributed by atoms with Gasteiger partial charge in [0.05, 0.1) is 10.7 Å². The minimum absolute atomic E-state index is 0. The van der Waals surface area contributed by atoms with Crippen LogP contribution < -0.4 is 4.80 Å². The van der Waals surface area contributed by atoms with E-state index in [9.17, 15) is 0 Å². The molecule has 0 amide bonds. The lowest BCUT2D eigenvalue weighted by Crippen LogP contribution is -2.43. The van der Waals surface area contributed by atoms with Gasteiger partial charge in [-0.2, -0.15) is 0 Å². The molecular weight excluding hydrogens is 368 g/mol. The zero-order valence-electron chi connectivity index (χ0n) is 18.4. The van der Waals surface area contributed by atoms with Crippen LogP contribution in [0.5, 0.6) is 0 Å². The zero-order chi connectivity index (χ0) is 21.5. The van der Waals surface area contributed by atoms with E-state index in [2.05, 4.69) is 0 Å². The van der Waals surface area contributed by atoms with Crippen LogP contribution in [0.3, 0.4) is 0 Å². The fourth-order valence-corrected chi connectivity index (χ4v) is 2.44. The van der Waals surface area contributed by atoms with Crippen LogP contribution in [0.25, 0.3) is 22.8 Å². The van der Waals surface area contributed by atoms with Gasteiger partial charge in [0.15, 0.2) is 5.69 Å². The van der Waals surface area contributed by atoms with Gasteiger partial charge in [-0.3, -0.25) is 0 Å². The highest BCUT2D eigenvalue weighted by atomic mass is 15.7. The molecule has 0 aliphatic rings. The van der Waals surface area contributed by atoms with Crippen molar-refractivity contribution in [2.24, 2.45) is 0 Å². The standard InChI is InChI=1S/C19H15N4.3C2H6.CH4/c1-4-10-16(11-5-1)19-20-22(17-12-6-2-7-13-17)23(21-19)18-14-8-3-9-15-18;3*1-2;/h1-15H;3*1-2H3;1H4/q+1;;;;. The Hall–Kier alpha value is -3.27. The second-order valence-corrected chi connectivity index (χ2v) is 5.14. The van der Waals surface area contributed by atoms with Crippen molar-refractivity contribution in [3.63, 3.8) is 0 Å². The van der Waals surface area contributed by atoms with Gasteiger partial charge in [0.2, 0.25) is 0 Å². The predicted molar refractivity (Wildman–Crippen MR) is 129 cm³/mol. The number of nitrogens with zero attached hydrogens (tertiary/aromatic N) is 4. The van der Waals surface area contributed by atoms with Crippen molar-refractivity contribution in [2.75, 3.05) is 0 Å². The molecule has 4 heteroatoms. The van der Waals surface area contributed by atoms with Gasteiger partial charge < -0.3 is 0 Å². The highest BCUT2D eigenvalue weighted by Crippen LogP contribution is 2.14. The van der Waals surface area contributed by atoms with Crippen LogP contribution in [0.15, 0.2) is 91.0 Å². The molecule has 4 nitrogen and oxygen atoms in total. The summed E-state index contributed by atoms with van der Waals surface area (Å²) in [4.78, 5) is 3.63. The fourth-order valence-electron chi connectivity index (χ4n) is 2.44. The molecule has 0 unspecified atom stereocenters. The van der Waals surface area contributed by atoms with Crippen LogP contribution in [0.1, 0.15) is 49.0 Å². The van der Waals surface area contributed by atoms with Crippen molar-refractivity contribution in [3.8, 4) is 22.8 Å². The summed E-state index contributed by atoms with van der Waals surface area (Å²) in [6.07, 6.45) is 0. The molecule has 0 aliphatic heterocycles. The first-order chi connectivity index (χ1) is 14.4. The van der Waals surface area contributed by atoms with Crippen LogP contribution in [0.4, 0.5) is 0 Å². The van der Waals surface area contributed by atoms with Crippen LogP contribution in [0.2, 0.25) is 0 Å². The van der Waals surface area contributed by atoms with Crippen LogP contribution >= 0.6 is 0 Å². The minimum atomic E-state index is 0. The highest BCUT2D eigenvalue weighted by molar-refractivity contribution is 5.53. The van der Waals surface area contributed by atoms with Gasteiger partial charge in [-0.05, 0) is 46.3 Å². The molecule has 30 heavy (non-hydrogen) atoms. The quantitative estimate of drug-likeness (QED) is 0.346. The average Bonchev–Trinajstić information content (AvgIpc) is 3.30. The molecule has 1 heterocycles. The summed E-state index contributed by atoms with van der Waals surface area (Å²) in [5, 5.41) is 9.39. The summed E-state index contributed by atoms with van der Waals surface area (Å²) in [6.45, 7) is 12.0. The topological polar surface area (TPSA) is 34.6 Å². The first-order valence-corrected chi connectivity index (χ1v) is 10.5. The van der Waals surface area contributed by atoms with Crippen molar-refractivity contribution in [3.05, 3.63) is 91.0 Å². The monoisotopic (exact) mass is 405 g/mol. The number of benzene rings is 3. The third-order valence-corrected chi connectivity index (χ3v) is 3.56. The third-order valence-electron chi connectivity index (χ3n) is 3.56. The van der Waals surface area contributed by atoms with E-state index in [-0.39, 0.29) is 7.43 Å². The molecule has 3 aromatic carbocycles. The first-order valence-electron chi connectivity index (χ1n) is 10.5. The van der Waals surface area contributed by atoms with E-state index in [0.717, 1.165) is 16.9 Å². The molecule has 0 N–H and O–H groups in total.